The Morgan fingerprint density at radius 2 is 2.06 bits per heavy atom. The molecule has 1 saturated heterocycles. The first-order chi connectivity index (χ1) is 8.72. The number of aliphatic imine (C=N–C) groups is 1. The average Bonchev–Trinajstić information content (AvgIpc) is 2.43. The zero-order valence-electron chi connectivity index (χ0n) is 11.4. The number of ether oxygens (including phenoxy) is 2. The Morgan fingerprint density at radius 3 is 2.56 bits per heavy atom. The van der Waals surface area contributed by atoms with E-state index in [2.05, 4.69) is 15.2 Å². The van der Waals surface area contributed by atoms with Crippen molar-refractivity contribution in [2.24, 2.45) is 10.9 Å². The summed E-state index contributed by atoms with van der Waals surface area (Å²) in [5, 5.41) is 3.23. The smallest absolute Gasteiger partial charge is 0.308 e. The number of hydrogen-bond acceptors (Lipinski definition) is 4. The number of piperidine rings is 1. The number of nitrogens with one attached hydrogen (secondary N) is 1. The molecule has 0 aliphatic carbocycles. The molecule has 6 nitrogen and oxygen atoms in total. The summed E-state index contributed by atoms with van der Waals surface area (Å²) in [5.74, 6) is 0.802. The third-order valence-corrected chi connectivity index (χ3v) is 3.13. The van der Waals surface area contributed by atoms with Crippen LogP contribution >= 0.6 is 0 Å². The lowest BCUT2D eigenvalue weighted by atomic mass is 9.97. The van der Waals surface area contributed by atoms with Crippen LogP contribution in [0.25, 0.3) is 0 Å². The lowest BCUT2D eigenvalue weighted by molar-refractivity contribution is -0.146. The first kappa shape index (κ1) is 14.8. The van der Waals surface area contributed by atoms with Crippen LogP contribution in [0.5, 0.6) is 0 Å². The highest BCUT2D eigenvalue weighted by Crippen LogP contribution is 2.18. The number of guanidine groups is 1. The van der Waals surface area contributed by atoms with Crippen LogP contribution in [-0.2, 0) is 14.3 Å². The standard InChI is InChI=1S/C12H23N3O3/c1-13-12(14-6-9-17-2)15-7-4-10(5-8-15)11(16)18-3/h10H,4-9H2,1-3H3,(H,13,14). The van der Waals surface area contributed by atoms with Crippen molar-refractivity contribution in [3.05, 3.63) is 0 Å². The van der Waals surface area contributed by atoms with Crippen LogP contribution in [0.1, 0.15) is 12.8 Å². The molecular formula is C12H23N3O3. The Labute approximate surface area is 108 Å². The lowest BCUT2D eigenvalue weighted by Crippen LogP contribution is -2.47. The van der Waals surface area contributed by atoms with Crippen molar-refractivity contribution in [2.45, 2.75) is 12.8 Å². The Kier molecular flexibility index (Phi) is 6.49. The minimum Gasteiger partial charge on any atom is -0.469 e. The van der Waals surface area contributed by atoms with E-state index in [-0.39, 0.29) is 11.9 Å². The van der Waals surface area contributed by atoms with E-state index in [1.807, 2.05) is 0 Å². The van der Waals surface area contributed by atoms with Crippen molar-refractivity contribution in [2.75, 3.05) is 47.5 Å². The first-order valence-corrected chi connectivity index (χ1v) is 6.25. The minimum atomic E-state index is -0.100. The summed E-state index contributed by atoms with van der Waals surface area (Å²) in [6.45, 7) is 3.04. The SMILES string of the molecule is CN=C(NCCOC)N1CCC(C(=O)OC)CC1. The molecule has 0 aromatic carbocycles. The molecule has 6 heteroatoms. The highest BCUT2D eigenvalue weighted by molar-refractivity contribution is 5.80. The average molecular weight is 257 g/mol. The van der Waals surface area contributed by atoms with Crippen LogP contribution in [0.2, 0.25) is 0 Å². The molecule has 1 fully saturated rings. The number of esters is 1. The monoisotopic (exact) mass is 257 g/mol. The Hall–Kier alpha value is -1.30. The van der Waals surface area contributed by atoms with E-state index in [1.165, 1.54) is 7.11 Å². The number of rotatable bonds is 4. The minimum absolute atomic E-state index is 0.0309. The van der Waals surface area contributed by atoms with Gasteiger partial charge < -0.3 is 19.7 Å². The molecule has 1 heterocycles. The predicted octanol–water partition coefficient (Wildman–Crippen LogP) is 0.0932. The van der Waals surface area contributed by atoms with Gasteiger partial charge in [0.2, 0.25) is 0 Å². The van der Waals surface area contributed by atoms with E-state index >= 15 is 0 Å². The van der Waals surface area contributed by atoms with Crippen LogP contribution in [0.15, 0.2) is 4.99 Å². The van der Waals surface area contributed by atoms with Gasteiger partial charge in [-0.25, -0.2) is 0 Å². The number of carbonyl (C=O) groups is 1. The van der Waals surface area contributed by atoms with Gasteiger partial charge in [-0.15, -0.1) is 0 Å². The molecule has 0 aromatic heterocycles. The second-order valence-electron chi connectivity index (χ2n) is 4.25. The van der Waals surface area contributed by atoms with Gasteiger partial charge in [-0.3, -0.25) is 9.79 Å². The van der Waals surface area contributed by atoms with E-state index in [4.69, 9.17) is 9.47 Å². The highest BCUT2D eigenvalue weighted by Gasteiger charge is 2.26. The largest absolute Gasteiger partial charge is 0.469 e. The molecule has 1 N–H and O–H groups in total. The second kappa shape index (κ2) is 7.92. The van der Waals surface area contributed by atoms with Crippen LogP contribution < -0.4 is 5.32 Å². The van der Waals surface area contributed by atoms with Gasteiger partial charge in [0, 0.05) is 33.8 Å². The summed E-state index contributed by atoms with van der Waals surface area (Å²) < 4.78 is 9.76. The van der Waals surface area contributed by atoms with Gasteiger partial charge in [0.1, 0.15) is 0 Å². The van der Waals surface area contributed by atoms with Gasteiger partial charge in [0.05, 0.1) is 19.6 Å². The van der Waals surface area contributed by atoms with Crippen molar-refractivity contribution in [3.63, 3.8) is 0 Å². The molecule has 0 bridgehead atoms. The Bertz CT molecular complexity index is 286. The van der Waals surface area contributed by atoms with Gasteiger partial charge in [-0.2, -0.15) is 0 Å². The molecule has 0 unspecified atom stereocenters. The molecule has 0 atom stereocenters. The molecule has 0 aromatic rings. The molecule has 1 rings (SSSR count). The van der Waals surface area contributed by atoms with E-state index in [9.17, 15) is 4.79 Å². The van der Waals surface area contributed by atoms with Crippen molar-refractivity contribution >= 4 is 11.9 Å². The van der Waals surface area contributed by atoms with E-state index in [0.717, 1.165) is 38.4 Å². The van der Waals surface area contributed by atoms with Gasteiger partial charge >= 0.3 is 5.97 Å². The van der Waals surface area contributed by atoms with Crippen LogP contribution in [0.4, 0.5) is 0 Å². The molecule has 0 saturated carbocycles. The first-order valence-electron chi connectivity index (χ1n) is 6.25. The highest BCUT2D eigenvalue weighted by atomic mass is 16.5. The molecule has 0 spiro atoms. The normalized spacial score (nSPS) is 17.7. The van der Waals surface area contributed by atoms with Crippen LogP contribution in [-0.4, -0.2) is 64.3 Å². The van der Waals surface area contributed by atoms with E-state index in [0.29, 0.717) is 6.61 Å². The quantitative estimate of drug-likeness (QED) is 0.335. The summed E-state index contributed by atoms with van der Waals surface area (Å²) in [6.07, 6.45) is 1.63. The number of carbonyl (C=O) groups excluding carboxylic acids is 1. The van der Waals surface area contributed by atoms with Crippen molar-refractivity contribution in [1.29, 1.82) is 0 Å². The fourth-order valence-electron chi connectivity index (χ4n) is 2.09. The number of nitrogens with zero attached hydrogens (tertiary/aromatic N) is 2. The lowest BCUT2D eigenvalue weighted by Gasteiger charge is -2.33. The molecule has 18 heavy (non-hydrogen) atoms. The molecule has 0 radical (unpaired) electrons. The third kappa shape index (κ3) is 4.18. The van der Waals surface area contributed by atoms with Crippen molar-refractivity contribution < 1.29 is 14.3 Å². The molecular weight excluding hydrogens is 234 g/mol. The molecule has 0 amide bonds. The predicted molar refractivity (Wildman–Crippen MR) is 69.6 cm³/mol. The van der Waals surface area contributed by atoms with Gasteiger partial charge in [0.25, 0.3) is 0 Å². The fraction of sp³-hybridized carbons (Fsp3) is 0.833. The fourth-order valence-corrected chi connectivity index (χ4v) is 2.09. The van der Waals surface area contributed by atoms with E-state index < -0.39 is 0 Å². The maximum atomic E-state index is 11.4. The summed E-state index contributed by atoms with van der Waals surface area (Å²) >= 11 is 0. The Morgan fingerprint density at radius 1 is 1.39 bits per heavy atom. The van der Waals surface area contributed by atoms with Crippen LogP contribution in [0.3, 0.4) is 0 Å². The topological polar surface area (TPSA) is 63.2 Å². The molecule has 1 aliphatic rings. The van der Waals surface area contributed by atoms with E-state index in [1.54, 1.807) is 14.2 Å². The van der Waals surface area contributed by atoms with Gasteiger partial charge in [-0.1, -0.05) is 0 Å². The van der Waals surface area contributed by atoms with Gasteiger partial charge in [-0.05, 0) is 12.8 Å². The molecule has 1 aliphatic heterocycles. The van der Waals surface area contributed by atoms with Gasteiger partial charge in [0.15, 0.2) is 5.96 Å². The maximum Gasteiger partial charge on any atom is 0.308 e. The summed E-state index contributed by atoms with van der Waals surface area (Å²) in [7, 11) is 4.88. The number of likely N-dealkylation sites (tertiary alicyclic amines) is 1. The van der Waals surface area contributed by atoms with Crippen LogP contribution in [0, 0.1) is 5.92 Å². The molecule has 104 valence electrons. The Balaban J connectivity index is 2.38. The maximum absolute atomic E-state index is 11.4. The summed E-state index contributed by atoms with van der Waals surface area (Å²) in [4.78, 5) is 17.8. The second-order valence-corrected chi connectivity index (χ2v) is 4.25. The number of hydrogen-bond donors (Lipinski definition) is 1. The van der Waals surface area contributed by atoms with Crippen molar-refractivity contribution in [1.82, 2.24) is 10.2 Å². The zero-order valence-corrected chi connectivity index (χ0v) is 11.4. The third-order valence-electron chi connectivity index (χ3n) is 3.13. The zero-order chi connectivity index (χ0) is 13.4. The summed E-state index contributed by atoms with van der Waals surface area (Å²) in [6, 6.07) is 0. The summed E-state index contributed by atoms with van der Waals surface area (Å²) in [5.41, 5.74) is 0. The van der Waals surface area contributed by atoms with Crippen molar-refractivity contribution in [3.8, 4) is 0 Å². The number of methoxy groups -OCH3 is 2.